The number of anilines is 3. The quantitative estimate of drug-likeness (QED) is 0.780. The zero-order valence-corrected chi connectivity index (χ0v) is 15.8. The molecular formula is C20H25FN6. The van der Waals surface area contributed by atoms with Crippen LogP contribution in [0, 0.1) is 17.1 Å². The summed E-state index contributed by atoms with van der Waals surface area (Å²) >= 11 is 0. The van der Waals surface area contributed by atoms with Gasteiger partial charge in [-0.25, -0.2) is 9.37 Å². The molecule has 0 amide bonds. The lowest BCUT2D eigenvalue weighted by atomic mass is 10.2. The van der Waals surface area contributed by atoms with Crippen LogP contribution in [0.5, 0.6) is 0 Å². The van der Waals surface area contributed by atoms with Crippen molar-refractivity contribution in [1.29, 1.82) is 5.26 Å². The van der Waals surface area contributed by atoms with E-state index in [9.17, 15) is 4.39 Å². The number of aromatic nitrogens is 2. The summed E-state index contributed by atoms with van der Waals surface area (Å²) in [4.78, 5) is 11.5. The van der Waals surface area contributed by atoms with Gasteiger partial charge in [-0.1, -0.05) is 13.3 Å². The second-order valence-corrected chi connectivity index (χ2v) is 6.80. The van der Waals surface area contributed by atoms with Crippen molar-refractivity contribution in [2.45, 2.75) is 38.6 Å². The van der Waals surface area contributed by atoms with Crippen LogP contribution >= 0.6 is 0 Å². The molecule has 1 aliphatic rings. The number of hydrogen-bond acceptors (Lipinski definition) is 6. The smallest absolute Gasteiger partial charge is 0.229 e. The van der Waals surface area contributed by atoms with Crippen molar-refractivity contribution in [3.63, 3.8) is 0 Å². The van der Waals surface area contributed by atoms with Crippen LogP contribution < -0.4 is 15.5 Å². The summed E-state index contributed by atoms with van der Waals surface area (Å²) in [6.45, 7) is 4.01. The highest BCUT2D eigenvalue weighted by atomic mass is 19.1. The molecule has 2 aromatic rings. The number of aryl methyl sites for hydroxylation is 1. The maximum atomic E-state index is 13.6. The molecule has 1 atom stereocenters. The summed E-state index contributed by atoms with van der Waals surface area (Å²) in [7, 11) is 1.98. The molecule has 0 unspecified atom stereocenters. The summed E-state index contributed by atoms with van der Waals surface area (Å²) in [5, 5.41) is 15.5. The van der Waals surface area contributed by atoms with E-state index in [1.54, 1.807) is 6.07 Å². The first kappa shape index (κ1) is 19.1. The van der Waals surface area contributed by atoms with Gasteiger partial charge in [-0.2, -0.15) is 10.2 Å². The first-order valence-electron chi connectivity index (χ1n) is 9.39. The average molecular weight is 368 g/mol. The number of unbranched alkanes of at least 4 members (excludes halogenated alkanes) is 1. The number of hydrogen-bond donors (Lipinski definition) is 2. The number of benzene rings is 1. The molecule has 0 aliphatic carbocycles. The number of nitrogens with one attached hydrogen (secondary N) is 2. The molecule has 1 aromatic heterocycles. The Morgan fingerprint density at radius 3 is 2.89 bits per heavy atom. The maximum absolute atomic E-state index is 13.6. The first-order valence-corrected chi connectivity index (χ1v) is 9.39. The Balaban J connectivity index is 1.87. The number of likely N-dealkylation sites (N-methyl/N-ethyl adjacent to an activating group) is 1. The Morgan fingerprint density at radius 2 is 2.19 bits per heavy atom. The lowest BCUT2D eigenvalue weighted by molar-refractivity contribution is 0.616. The van der Waals surface area contributed by atoms with E-state index in [1.807, 2.05) is 13.1 Å². The molecular weight excluding hydrogens is 343 g/mol. The number of rotatable bonds is 7. The Morgan fingerprint density at radius 1 is 1.33 bits per heavy atom. The van der Waals surface area contributed by atoms with Crippen LogP contribution in [0.1, 0.15) is 37.4 Å². The minimum absolute atomic E-state index is 0.00114. The third-order valence-corrected chi connectivity index (χ3v) is 4.82. The normalized spacial score (nSPS) is 16.4. The third-order valence-electron chi connectivity index (χ3n) is 4.82. The predicted octanol–water partition coefficient (Wildman–Crippen LogP) is 3.37. The fourth-order valence-electron chi connectivity index (χ4n) is 3.21. The van der Waals surface area contributed by atoms with Crippen LogP contribution in [0.3, 0.4) is 0 Å². The van der Waals surface area contributed by atoms with Gasteiger partial charge in [0.15, 0.2) is 0 Å². The highest BCUT2D eigenvalue weighted by Crippen LogP contribution is 2.23. The summed E-state index contributed by atoms with van der Waals surface area (Å²) in [6.07, 6.45) is 4.12. The van der Waals surface area contributed by atoms with E-state index in [4.69, 9.17) is 5.26 Å². The van der Waals surface area contributed by atoms with Gasteiger partial charge in [-0.3, -0.25) is 0 Å². The van der Waals surface area contributed by atoms with Crippen molar-refractivity contribution in [3.8, 4) is 6.07 Å². The molecule has 0 bridgehead atoms. The third kappa shape index (κ3) is 4.72. The van der Waals surface area contributed by atoms with Gasteiger partial charge in [0.2, 0.25) is 5.95 Å². The molecule has 6 nitrogen and oxygen atoms in total. The van der Waals surface area contributed by atoms with Gasteiger partial charge in [-0.05, 0) is 44.5 Å². The molecule has 1 fully saturated rings. The molecule has 0 saturated carbocycles. The summed E-state index contributed by atoms with van der Waals surface area (Å²) in [5.41, 5.74) is 1.58. The van der Waals surface area contributed by atoms with Crippen molar-refractivity contribution < 1.29 is 4.39 Å². The van der Waals surface area contributed by atoms with Crippen molar-refractivity contribution in [2.24, 2.45) is 0 Å². The summed E-state index contributed by atoms with van der Waals surface area (Å²) < 4.78 is 13.6. The predicted molar refractivity (Wildman–Crippen MR) is 105 cm³/mol. The molecule has 142 valence electrons. The Bertz CT molecular complexity index is 832. The number of nitriles is 1. The van der Waals surface area contributed by atoms with E-state index in [0.29, 0.717) is 17.7 Å². The van der Waals surface area contributed by atoms with Gasteiger partial charge >= 0.3 is 0 Å². The van der Waals surface area contributed by atoms with Crippen LogP contribution in [-0.2, 0) is 6.42 Å². The monoisotopic (exact) mass is 368 g/mol. The van der Waals surface area contributed by atoms with Crippen LogP contribution in [0.25, 0.3) is 0 Å². The maximum Gasteiger partial charge on any atom is 0.229 e. The van der Waals surface area contributed by atoms with Gasteiger partial charge in [0.05, 0.1) is 5.56 Å². The summed E-state index contributed by atoms with van der Waals surface area (Å²) in [5.74, 6) is 0.845. The molecule has 0 radical (unpaired) electrons. The van der Waals surface area contributed by atoms with Crippen LogP contribution in [-0.4, -0.2) is 36.1 Å². The molecule has 3 rings (SSSR count). The SMILES string of the molecule is CCCCc1cc(N2CC[C@H](NC)C2)nc(Nc2ccc(F)c(C#N)c2)n1. The van der Waals surface area contributed by atoms with Crippen LogP contribution in [0.4, 0.5) is 21.8 Å². The van der Waals surface area contributed by atoms with Gasteiger partial charge in [0.25, 0.3) is 0 Å². The number of halogens is 1. The van der Waals surface area contributed by atoms with E-state index < -0.39 is 5.82 Å². The van der Waals surface area contributed by atoms with E-state index in [2.05, 4.69) is 38.5 Å². The molecule has 2 N–H and O–H groups in total. The van der Waals surface area contributed by atoms with E-state index in [-0.39, 0.29) is 5.56 Å². The standard InChI is InChI=1S/C20H25FN6/c1-3-4-5-15-11-19(27-9-8-17(13-27)23-2)26-20(24-15)25-16-6-7-18(21)14(10-16)12-22/h6-7,10-11,17,23H,3-5,8-9,13H2,1-2H3,(H,24,25,26)/t17-/m0/s1. The second kappa shape index (κ2) is 8.78. The molecule has 2 heterocycles. The second-order valence-electron chi connectivity index (χ2n) is 6.80. The van der Waals surface area contributed by atoms with Gasteiger partial charge in [0.1, 0.15) is 17.7 Å². The molecule has 1 aliphatic heterocycles. The zero-order chi connectivity index (χ0) is 19.2. The summed E-state index contributed by atoms with van der Waals surface area (Å²) in [6, 6.07) is 8.72. The van der Waals surface area contributed by atoms with Gasteiger partial charge in [0, 0.05) is 36.6 Å². The fourth-order valence-corrected chi connectivity index (χ4v) is 3.21. The minimum Gasteiger partial charge on any atom is -0.355 e. The van der Waals surface area contributed by atoms with Gasteiger partial charge in [-0.15, -0.1) is 0 Å². The topological polar surface area (TPSA) is 76.9 Å². The van der Waals surface area contributed by atoms with Crippen molar-refractivity contribution in [2.75, 3.05) is 30.4 Å². The zero-order valence-electron chi connectivity index (χ0n) is 15.8. The molecule has 7 heteroatoms. The van der Waals surface area contributed by atoms with Gasteiger partial charge < -0.3 is 15.5 Å². The number of nitrogens with zero attached hydrogens (tertiary/aromatic N) is 4. The molecule has 1 saturated heterocycles. The Kier molecular flexibility index (Phi) is 6.20. The van der Waals surface area contributed by atoms with Crippen LogP contribution in [0.15, 0.2) is 24.3 Å². The highest BCUT2D eigenvalue weighted by molar-refractivity contribution is 5.58. The molecule has 27 heavy (non-hydrogen) atoms. The fraction of sp³-hybridized carbons (Fsp3) is 0.450. The first-order chi connectivity index (χ1) is 13.1. The van der Waals surface area contributed by atoms with Crippen molar-refractivity contribution in [3.05, 3.63) is 41.3 Å². The van der Waals surface area contributed by atoms with E-state index in [0.717, 1.165) is 50.3 Å². The Labute approximate surface area is 159 Å². The average Bonchev–Trinajstić information content (AvgIpc) is 3.17. The molecule has 1 aromatic carbocycles. The van der Waals surface area contributed by atoms with E-state index in [1.165, 1.54) is 12.1 Å². The highest BCUT2D eigenvalue weighted by Gasteiger charge is 2.23. The minimum atomic E-state index is -0.531. The molecule has 0 spiro atoms. The lowest BCUT2D eigenvalue weighted by Crippen LogP contribution is -2.30. The van der Waals surface area contributed by atoms with Crippen molar-refractivity contribution >= 4 is 17.5 Å². The van der Waals surface area contributed by atoms with E-state index >= 15 is 0 Å². The largest absolute Gasteiger partial charge is 0.355 e. The van der Waals surface area contributed by atoms with Crippen LogP contribution in [0.2, 0.25) is 0 Å². The van der Waals surface area contributed by atoms with Crippen molar-refractivity contribution in [1.82, 2.24) is 15.3 Å². The Hall–Kier alpha value is -2.72. The lowest BCUT2D eigenvalue weighted by Gasteiger charge is -2.19.